The highest BCUT2D eigenvalue weighted by Crippen LogP contribution is 2.30. The number of carboxylic acids is 1. The maximum Gasteiger partial charge on any atom is 0.387 e. The quantitative estimate of drug-likeness (QED) is 0.784. The van der Waals surface area contributed by atoms with Gasteiger partial charge in [0, 0.05) is 5.56 Å². The van der Waals surface area contributed by atoms with Gasteiger partial charge in [0.25, 0.3) is 0 Å². The Hall–Kier alpha value is -2.02. The fourth-order valence-corrected chi connectivity index (χ4v) is 1.53. The fourth-order valence-electron chi connectivity index (χ4n) is 1.53. The van der Waals surface area contributed by atoms with Crippen molar-refractivity contribution in [2.45, 2.75) is 19.6 Å². The molecule has 1 rings (SSSR count). The van der Waals surface area contributed by atoms with Gasteiger partial charge in [0.15, 0.2) is 12.4 Å². The normalized spacial score (nSPS) is 12.3. The van der Waals surface area contributed by atoms with Gasteiger partial charge in [-0.1, -0.05) is 6.07 Å². The zero-order valence-electron chi connectivity index (χ0n) is 9.26. The number of hydrogen-bond acceptors (Lipinski definition) is 4. The third kappa shape index (κ3) is 2.80. The lowest BCUT2D eigenvalue weighted by molar-refractivity contribution is -0.147. The first-order valence-corrected chi connectivity index (χ1v) is 4.82. The van der Waals surface area contributed by atoms with Crippen molar-refractivity contribution in [1.29, 1.82) is 0 Å². The Labute approximate surface area is 101 Å². The van der Waals surface area contributed by atoms with Crippen LogP contribution in [-0.4, -0.2) is 29.1 Å². The van der Waals surface area contributed by atoms with Crippen LogP contribution in [0.1, 0.15) is 27.6 Å². The molecular formula is C11H10F2O5. The average molecular weight is 260 g/mol. The van der Waals surface area contributed by atoms with E-state index in [1.165, 1.54) is 13.0 Å². The molecule has 1 aromatic rings. The Morgan fingerprint density at radius 2 is 2.06 bits per heavy atom. The Bertz CT molecular complexity index is 473. The number of halogens is 2. The molecule has 0 aliphatic carbocycles. The topological polar surface area (TPSA) is 83.8 Å². The fraction of sp³-hybridized carbons (Fsp3) is 0.273. The molecule has 0 saturated heterocycles. The summed E-state index contributed by atoms with van der Waals surface area (Å²) in [7, 11) is 0. The van der Waals surface area contributed by atoms with Crippen molar-refractivity contribution in [2.24, 2.45) is 0 Å². The summed E-state index contributed by atoms with van der Waals surface area (Å²) in [5, 5.41) is 18.1. The number of aliphatic carboxylic acids is 1. The number of aliphatic hydroxyl groups is 1. The van der Waals surface area contributed by atoms with Crippen LogP contribution in [0.15, 0.2) is 12.1 Å². The molecule has 0 saturated carbocycles. The second-order valence-corrected chi connectivity index (χ2v) is 3.45. The van der Waals surface area contributed by atoms with Gasteiger partial charge in [0.1, 0.15) is 5.75 Å². The maximum atomic E-state index is 12.1. The van der Waals surface area contributed by atoms with E-state index in [1.807, 2.05) is 0 Å². The molecular weight excluding hydrogens is 250 g/mol. The van der Waals surface area contributed by atoms with Crippen LogP contribution in [0.25, 0.3) is 0 Å². The number of carboxylic acid groups (broad SMARTS) is 1. The van der Waals surface area contributed by atoms with E-state index in [1.54, 1.807) is 0 Å². The zero-order valence-corrected chi connectivity index (χ0v) is 9.26. The molecule has 0 spiro atoms. The Morgan fingerprint density at radius 1 is 1.44 bits per heavy atom. The van der Waals surface area contributed by atoms with Gasteiger partial charge >= 0.3 is 12.6 Å². The maximum absolute atomic E-state index is 12.1. The van der Waals surface area contributed by atoms with Crippen LogP contribution < -0.4 is 4.74 Å². The standard InChI is InChI=1S/C11H10F2O5/c1-5-2-3-7(18-11(12)13)6(4-14)8(5)9(15)10(16)17/h2-4,9,11,15H,1H3,(H,16,17). The Balaban J connectivity index is 3.39. The van der Waals surface area contributed by atoms with Crippen LogP contribution in [0.3, 0.4) is 0 Å². The molecule has 0 amide bonds. The summed E-state index contributed by atoms with van der Waals surface area (Å²) in [6.45, 7) is -1.71. The van der Waals surface area contributed by atoms with Crippen molar-refractivity contribution in [2.75, 3.05) is 0 Å². The van der Waals surface area contributed by atoms with Gasteiger partial charge in [-0.2, -0.15) is 8.78 Å². The van der Waals surface area contributed by atoms with E-state index in [0.717, 1.165) is 6.07 Å². The largest absolute Gasteiger partial charge is 0.479 e. The molecule has 5 nitrogen and oxygen atoms in total. The number of aliphatic hydroxyl groups excluding tert-OH is 1. The van der Waals surface area contributed by atoms with Crippen molar-refractivity contribution in [3.63, 3.8) is 0 Å². The second kappa shape index (κ2) is 5.54. The zero-order chi connectivity index (χ0) is 13.9. The predicted molar refractivity (Wildman–Crippen MR) is 55.8 cm³/mol. The molecule has 1 aromatic carbocycles. The van der Waals surface area contributed by atoms with E-state index >= 15 is 0 Å². The van der Waals surface area contributed by atoms with Crippen LogP contribution >= 0.6 is 0 Å². The summed E-state index contributed by atoms with van der Waals surface area (Å²) < 4.78 is 28.3. The molecule has 0 heterocycles. The minimum Gasteiger partial charge on any atom is -0.479 e. The number of carbonyl (C=O) groups excluding carboxylic acids is 1. The highest BCUT2D eigenvalue weighted by atomic mass is 19.3. The van der Waals surface area contributed by atoms with Crippen molar-refractivity contribution < 1.29 is 33.3 Å². The molecule has 98 valence electrons. The summed E-state index contributed by atoms with van der Waals surface area (Å²) in [6, 6.07) is 2.40. The second-order valence-electron chi connectivity index (χ2n) is 3.45. The van der Waals surface area contributed by atoms with Gasteiger partial charge in [-0.15, -0.1) is 0 Å². The molecule has 1 unspecified atom stereocenters. The van der Waals surface area contributed by atoms with Crippen molar-refractivity contribution in [3.05, 3.63) is 28.8 Å². The van der Waals surface area contributed by atoms with Crippen molar-refractivity contribution in [1.82, 2.24) is 0 Å². The van der Waals surface area contributed by atoms with Crippen LogP contribution in [0, 0.1) is 6.92 Å². The van der Waals surface area contributed by atoms with E-state index in [0.29, 0.717) is 0 Å². The van der Waals surface area contributed by atoms with E-state index in [2.05, 4.69) is 4.74 Å². The SMILES string of the molecule is Cc1ccc(OC(F)F)c(C=O)c1C(O)C(=O)O. The van der Waals surface area contributed by atoms with Crippen LogP contribution in [0.5, 0.6) is 5.75 Å². The molecule has 7 heteroatoms. The van der Waals surface area contributed by atoms with Crippen LogP contribution in [-0.2, 0) is 4.79 Å². The Kier molecular flexibility index (Phi) is 4.33. The molecule has 0 aliphatic rings. The van der Waals surface area contributed by atoms with Crippen molar-refractivity contribution >= 4 is 12.3 Å². The third-order valence-electron chi connectivity index (χ3n) is 2.31. The van der Waals surface area contributed by atoms with Gasteiger partial charge in [-0.25, -0.2) is 4.79 Å². The van der Waals surface area contributed by atoms with Crippen LogP contribution in [0.4, 0.5) is 8.78 Å². The smallest absolute Gasteiger partial charge is 0.387 e. The predicted octanol–water partition coefficient (Wildman–Crippen LogP) is 1.53. The first-order chi connectivity index (χ1) is 8.38. The minimum absolute atomic E-state index is 0.173. The number of alkyl halides is 2. The van der Waals surface area contributed by atoms with E-state index in [4.69, 9.17) is 5.11 Å². The van der Waals surface area contributed by atoms with Gasteiger partial charge in [-0.3, -0.25) is 4.79 Å². The van der Waals surface area contributed by atoms with Gasteiger partial charge < -0.3 is 14.9 Å². The number of benzene rings is 1. The highest BCUT2D eigenvalue weighted by molar-refractivity contribution is 5.86. The molecule has 0 aromatic heterocycles. The molecule has 0 radical (unpaired) electrons. The summed E-state index contributed by atoms with van der Waals surface area (Å²) in [6.07, 6.45) is -1.81. The van der Waals surface area contributed by atoms with E-state index < -0.39 is 30.0 Å². The Morgan fingerprint density at radius 3 is 2.50 bits per heavy atom. The number of aldehydes is 1. The van der Waals surface area contributed by atoms with Crippen LogP contribution in [0.2, 0.25) is 0 Å². The minimum atomic E-state index is -3.15. The lowest BCUT2D eigenvalue weighted by atomic mass is 9.97. The van der Waals surface area contributed by atoms with Gasteiger partial charge in [0.05, 0.1) is 5.56 Å². The summed E-state index contributed by atoms with van der Waals surface area (Å²) in [4.78, 5) is 21.6. The van der Waals surface area contributed by atoms with Gasteiger partial charge in [0.2, 0.25) is 0 Å². The lowest BCUT2D eigenvalue weighted by Gasteiger charge is -2.15. The lowest BCUT2D eigenvalue weighted by Crippen LogP contribution is -2.16. The summed E-state index contributed by atoms with van der Waals surface area (Å²) >= 11 is 0. The number of carbonyl (C=O) groups is 2. The molecule has 1 atom stereocenters. The van der Waals surface area contributed by atoms with Crippen molar-refractivity contribution in [3.8, 4) is 5.75 Å². The molecule has 0 aliphatic heterocycles. The first-order valence-electron chi connectivity index (χ1n) is 4.82. The summed E-state index contributed by atoms with van der Waals surface area (Å²) in [5.74, 6) is -2.06. The molecule has 18 heavy (non-hydrogen) atoms. The monoisotopic (exact) mass is 260 g/mol. The third-order valence-corrected chi connectivity index (χ3v) is 2.31. The number of ether oxygens (including phenoxy) is 1. The molecule has 0 fully saturated rings. The molecule has 2 N–H and O–H groups in total. The summed E-state index contributed by atoms with van der Waals surface area (Å²) in [5.41, 5.74) is -0.366. The van der Waals surface area contributed by atoms with E-state index in [9.17, 15) is 23.5 Å². The number of rotatable bonds is 5. The number of aryl methyl sites for hydroxylation is 1. The number of hydrogen-bond donors (Lipinski definition) is 2. The highest BCUT2D eigenvalue weighted by Gasteiger charge is 2.25. The molecule has 0 bridgehead atoms. The van der Waals surface area contributed by atoms with Gasteiger partial charge in [-0.05, 0) is 18.6 Å². The van der Waals surface area contributed by atoms with E-state index in [-0.39, 0.29) is 17.4 Å². The first kappa shape index (κ1) is 14.0. The average Bonchev–Trinajstić information content (AvgIpc) is 2.29.